The van der Waals surface area contributed by atoms with Crippen molar-refractivity contribution >= 4 is 17.5 Å². The van der Waals surface area contributed by atoms with Gasteiger partial charge < -0.3 is 15.8 Å². The predicted octanol–water partition coefficient (Wildman–Crippen LogP) is 2.05. The number of rotatable bonds is 7. The van der Waals surface area contributed by atoms with Gasteiger partial charge in [0.2, 0.25) is 5.91 Å². The van der Waals surface area contributed by atoms with Crippen molar-refractivity contribution in [2.45, 2.75) is 6.54 Å². The van der Waals surface area contributed by atoms with E-state index in [4.69, 9.17) is 10.5 Å². The van der Waals surface area contributed by atoms with E-state index in [9.17, 15) is 9.59 Å². The van der Waals surface area contributed by atoms with Crippen LogP contribution in [0.4, 0.5) is 5.69 Å². The average molecular weight is 350 g/mol. The molecule has 0 saturated carbocycles. The lowest BCUT2D eigenvalue weighted by atomic mass is 10.2. The quantitative estimate of drug-likeness (QED) is 0.681. The fourth-order valence-electron chi connectivity index (χ4n) is 2.37. The number of amides is 2. The molecule has 3 rings (SSSR count). The zero-order valence-corrected chi connectivity index (χ0v) is 14.0. The summed E-state index contributed by atoms with van der Waals surface area (Å²) in [5.74, 6) is -0.476. The number of anilines is 1. The monoisotopic (exact) mass is 350 g/mol. The minimum absolute atomic E-state index is 0.188. The first-order chi connectivity index (χ1) is 12.6. The maximum atomic E-state index is 12.0. The molecule has 0 atom stereocenters. The van der Waals surface area contributed by atoms with E-state index in [0.717, 1.165) is 5.56 Å². The van der Waals surface area contributed by atoms with Crippen molar-refractivity contribution < 1.29 is 14.3 Å². The lowest BCUT2D eigenvalue weighted by Crippen LogP contribution is -2.20. The van der Waals surface area contributed by atoms with Crippen molar-refractivity contribution in [2.24, 2.45) is 5.73 Å². The first-order valence-electron chi connectivity index (χ1n) is 7.99. The average Bonchev–Trinajstić information content (AvgIpc) is 3.08. The molecule has 3 N–H and O–H groups in total. The molecule has 2 amide bonds. The first-order valence-corrected chi connectivity index (χ1v) is 7.99. The predicted molar refractivity (Wildman–Crippen MR) is 96.9 cm³/mol. The third-order valence-corrected chi connectivity index (χ3v) is 3.59. The van der Waals surface area contributed by atoms with Crippen molar-refractivity contribution in [1.82, 2.24) is 9.78 Å². The Bertz CT molecular complexity index is 906. The first kappa shape index (κ1) is 17.2. The topological polar surface area (TPSA) is 99.2 Å². The summed E-state index contributed by atoms with van der Waals surface area (Å²) in [6.07, 6.45) is 3.33. The standard InChI is InChI=1S/C19H18N4O3/c20-19(25)15-7-4-8-17(9-15)26-13-18(24)22-16-10-21-23(12-16)11-14-5-2-1-3-6-14/h1-10,12H,11,13H2,(H2,20,25)(H,22,24). The van der Waals surface area contributed by atoms with Crippen LogP contribution < -0.4 is 15.8 Å². The third-order valence-electron chi connectivity index (χ3n) is 3.59. The highest BCUT2D eigenvalue weighted by atomic mass is 16.5. The minimum Gasteiger partial charge on any atom is -0.484 e. The Morgan fingerprint density at radius 3 is 2.69 bits per heavy atom. The van der Waals surface area contributed by atoms with Gasteiger partial charge in [-0.25, -0.2) is 0 Å². The number of nitrogens with one attached hydrogen (secondary N) is 1. The van der Waals surface area contributed by atoms with Crippen molar-refractivity contribution in [3.05, 3.63) is 78.1 Å². The van der Waals surface area contributed by atoms with E-state index in [2.05, 4.69) is 10.4 Å². The number of hydrogen-bond donors (Lipinski definition) is 2. The molecule has 26 heavy (non-hydrogen) atoms. The van der Waals surface area contributed by atoms with Crippen LogP contribution in [-0.2, 0) is 11.3 Å². The molecule has 0 bridgehead atoms. The van der Waals surface area contributed by atoms with Crippen LogP contribution in [0.2, 0.25) is 0 Å². The minimum atomic E-state index is -0.550. The second-order valence-corrected chi connectivity index (χ2v) is 5.64. The smallest absolute Gasteiger partial charge is 0.262 e. The van der Waals surface area contributed by atoms with Gasteiger partial charge in [-0.3, -0.25) is 14.3 Å². The van der Waals surface area contributed by atoms with Gasteiger partial charge in [0.1, 0.15) is 5.75 Å². The number of benzene rings is 2. The van der Waals surface area contributed by atoms with Crippen molar-refractivity contribution in [2.75, 3.05) is 11.9 Å². The number of nitrogens with two attached hydrogens (primary N) is 1. The van der Waals surface area contributed by atoms with Crippen LogP contribution in [0.25, 0.3) is 0 Å². The summed E-state index contributed by atoms with van der Waals surface area (Å²) < 4.78 is 7.12. The van der Waals surface area contributed by atoms with Crippen LogP contribution in [-0.4, -0.2) is 28.2 Å². The number of nitrogens with zero attached hydrogens (tertiary/aromatic N) is 2. The summed E-state index contributed by atoms with van der Waals surface area (Å²) in [5, 5.41) is 6.94. The lowest BCUT2D eigenvalue weighted by molar-refractivity contribution is -0.118. The van der Waals surface area contributed by atoms with Gasteiger partial charge in [-0.1, -0.05) is 36.4 Å². The van der Waals surface area contributed by atoms with Crippen molar-refractivity contribution in [1.29, 1.82) is 0 Å². The third kappa shape index (κ3) is 4.70. The van der Waals surface area contributed by atoms with Gasteiger partial charge in [0, 0.05) is 11.8 Å². The van der Waals surface area contributed by atoms with Gasteiger partial charge in [0.25, 0.3) is 5.91 Å². The Morgan fingerprint density at radius 2 is 1.92 bits per heavy atom. The normalized spacial score (nSPS) is 10.3. The summed E-state index contributed by atoms with van der Waals surface area (Å²) in [4.78, 5) is 23.2. The van der Waals surface area contributed by atoms with E-state index in [1.807, 2.05) is 30.3 Å². The number of primary amides is 1. The SMILES string of the molecule is NC(=O)c1cccc(OCC(=O)Nc2cnn(Cc3ccccc3)c2)c1. The fraction of sp³-hybridized carbons (Fsp3) is 0.105. The van der Waals surface area contributed by atoms with E-state index in [0.29, 0.717) is 23.5 Å². The number of hydrogen-bond acceptors (Lipinski definition) is 4. The molecule has 0 saturated heterocycles. The van der Waals surface area contributed by atoms with Crippen molar-refractivity contribution in [3.8, 4) is 5.75 Å². The van der Waals surface area contributed by atoms with Gasteiger partial charge in [-0.15, -0.1) is 0 Å². The number of carbonyl (C=O) groups excluding carboxylic acids is 2. The van der Waals surface area contributed by atoms with E-state index in [1.165, 1.54) is 6.07 Å². The van der Waals surface area contributed by atoms with Gasteiger partial charge in [-0.05, 0) is 23.8 Å². The molecule has 0 aliphatic carbocycles. The molecule has 132 valence electrons. The highest BCUT2D eigenvalue weighted by Crippen LogP contribution is 2.13. The maximum Gasteiger partial charge on any atom is 0.262 e. The van der Waals surface area contributed by atoms with Gasteiger partial charge in [0.15, 0.2) is 6.61 Å². The second kappa shape index (κ2) is 7.98. The highest BCUT2D eigenvalue weighted by Gasteiger charge is 2.07. The second-order valence-electron chi connectivity index (χ2n) is 5.64. The Morgan fingerprint density at radius 1 is 1.12 bits per heavy atom. The number of ether oxygens (including phenoxy) is 1. The maximum absolute atomic E-state index is 12.0. The summed E-state index contributed by atoms with van der Waals surface area (Å²) >= 11 is 0. The molecule has 7 heteroatoms. The van der Waals surface area contributed by atoms with Crippen molar-refractivity contribution in [3.63, 3.8) is 0 Å². The molecule has 0 spiro atoms. The van der Waals surface area contributed by atoms with E-state index < -0.39 is 5.91 Å². The molecule has 3 aromatic rings. The summed E-state index contributed by atoms with van der Waals surface area (Å²) in [6, 6.07) is 16.3. The van der Waals surface area contributed by atoms with E-state index >= 15 is 0 Å². The number of carbonyl (C=O) groups is 2. The van der Waals surface area contributed by atoms with Gasteiger partial charge in [-0.2, -0.15) is 5.10 Å². The molecule has 0 fully saturated rings. The number of aromatic nitrogens is 2. The molecular formula is C19H18N4O3. The summed E-state index contributed by atoms with van der Waals surface area (Å²) in [6.45, 7) is 0.430. The van der Waals surface area contributed by atoms with Crippen LogP contribution in [0, 0.1) is 0 Å². The Labute approximate surface area is 150 Å². The molecule has 0 aliphatic heterocycles. The largest absolute Gasteiger partial charge is 0.484 e. The summed E-state index contributed by atoms with van der Waals surface area (Å²) in [5.41, 5.74) is 7.24. The van der Waals surface area contributed by atoms with Crippen LogP contribution in [0.3, 0.4) is 0 Å². The van der Waals surface area contributed by atoms with Crippen LogP contribution in [0.1, 0.15) is 15.9 Å². The molecule has 0 unspecified atom stereocenters. The van der Waals surface area contributed by atoms with E-state index in [-0.39, 0.29) is 12.5 Å². The molecule has 0 aliphatic rings. The zero-order chi connectivity index (χ0) is 18.4. The van der Waals surface area contributed by atoms with Gasteiger partial charge in [0.05, 0.1) is 18.4 Å². The van der Waals surface area contributed by atoms with E-state index in [1.54, 1.807) is 35.3 Å². The molecule has 0 radical (unpaired) electrons. The fourth-order valence-corrected chi connectivity index (χ4v) is 2.37. The Balaban J connectivity index is 1.52. The van der Waals surface area contributed by atoms with Crippen LogP contribution in [0.5, 0.6) is 5.75 Å². The lowest BCUT2D eigenvalue weighted by Gasteiger charge is -2.07. The Hall–Kier alpha value is -3.61. The highest BCUT2D eigenvalue weighted by molar-refractivity contribution is 5.93. The van der Waals surface area contributed by atoms with Gasteiger partial charge >= 0.3 is 0 Å². The van der Waals surface area contributed by atoms with Crippen LogP contribution in [0.15, 0.2) is 67.0 Å². The molecular weight excluding hydrogens is 332 g/mol. The summed E-state index contributed by atoms with van der Waals surface area (Å²) in [7, 11) is 0. The molecule has 1 heterocycles. The van der Waals surface area contributed by atoms with Crippen LogP contribution >= 0.6 is 0 Å². The Kier molecular flexibility index (Phi) is 5.28. The molecule has 2 aromatic carbocycles. The zero-order valence-electron chi connectivity index (χ0n) is 14.0. The molecule has 7 nitrogen and oxygen atoms in total. The molecule has 1 aromatic heterocycles.